The van der Waals surface area contributed by atoms with E-state index < -0.39 is 6.10 Å². The molecule has 25 heavy (non-hydrogen) atoms. The SMILES string of the molecule is Cc1ccc(C)c(O[C@H](C)C(=O)Nc2ccccc2-c2nn[nH]n2)c1. The third kappa shape index (κ3) is 3.82. The molecule has 7 nitrogen and oxygen atoms in total. The third-order valence-corrected chi connectivity index (χ3v) is 3.79. The Morgan fingerprint density at radius 2 is 2.00 bits per heavy atom. The Balaban J connectivity index is 1.75. The summed E-state index contributed by atoms with van der Waals surface area (Å²) in [6, 6.07) is 13.2. The van der Waals surface area contributed by atoms with Crippen molar-refractivity contribution in [1.29, 1.82) is 0 Å². The normalized spacial score (nSPS) is 11.8. The lowest BCUT2D eigenvalue weighted by Gasteiger charge is -2.17. The van der Waals surface area contributed by atoms with Crippen LogP contribution in [0.4, 0.5) is 5.69 Å². The topological polar surface area (TPSA) is 92.8 Å². The Bertz CT molecular complexity index is 877. The highest BCUT2D eigenvalue weighted by Crippen LogP contribution is 2.25. The number of para-hydroxylation sites is 1. The number of aromatic nitrogens is 4. The van der Waals surface area contributed by atoms with Crippen LogP contribution < -0.4 is 10.1 Å². The van der Waals surface area contributed by atoms with Gasteiger partial charge >= 0.3 is 0 Å². The van der Waals surface area contributed by atoms with Gasteiger partial charge in [-0.3, -0.25) is 4.79 Å². The summed E-state index contributed by atoms with van der Waals surface area (Å²) >= 11 is 0. The lowest BCUT2D eigenvalue weighted by Crippen LogP contribution is -2.30. The average molecular weight is 337 g/mol. The van der Waals surface area contributed by atoms with Crippen LogP contribution in [0.1, 0.15) is 18.1 Å². The number of aromatic amines is 1. The Labute approximate surface area is 145 Å². The number of tetrazole rings is 1. The first kappa shape index (κ1) is 16.6. The second-order valence-corrected chi connectivity index (χ2v) is 5.80. The maximum absolute atomic E-state index is 12.5. The molecular weight excluding hydrogens is 318 g/mol. The van der Waals surface area contributed by atoms with E-state index in [0.717, 1.165) is 11.1 Å². The molecule has 0 aliphatic rings. The smallest absolute Gasteiger partial charge is 0.265 e. The third-order valence-electron chi connectivity index (χ3n) is 3.79. The summed E-state index contributed by atoms with van der Waals surface area (Å²) in [5.41, 5.74) is 3.35. The van der Waals surface area contributed by atoms with Crippen molar-refractivity contribution in [2.75, 3.05) is 5.32 Å². The number of carbonyl (C=O) groups excluding carboxylic acids is 1. The molecular formula is C18H19N5O2. The van der Waals surface area contributed by atoms with Gasteiger partial charge < -0.3 is 10.1 Å². The Hall–Kier alpha value is -3.22. The molecule has 0 aliphatic carbocycles. The van der Waals surface area contributed by atoms with E-state index in [0.29, 0.717) is 22.8 Å². The minimum absolute atomic E-state index is 0.253. The number of aryl methyl sites for hydroxylation is 2. The maximum Gasteiger partial charge on any atom is 0.265 e. The molecule has 7 heteroatoms. The first-order valence-corrected chi connectivity index (χ1v) is 7.92. The van der Waals surface area contributed by atoms with Gasteiger partial charge in [0.05, 0.1) is 5.69 Å². The summed E-state index contributed by atoms with van der Waals surface area (Å²) < 4.78 is 5.83. The number of amides is 1. The Kier molecular flexibility index (Phi) is 4.74. The molecule has 0 fully saturated rings. The van der Waals surface area contributed by atoms with Gasteiger partial charge in [-0.15, -0.1) is 10.2 Å². The van der Waals surface area contributed by atoms with Gasteiger partial charge in [0.25, 0.3) is 5.91 Å². The first-order valence-electron chi connectivity index (χ1n) is 7.92. The van der Waals surface area contributed by atoms with Gasteiger partial charge in [-0.1, -0.05) is 24.3 Å². The van der Waals surface area contributed by atoms with Crippen LogP contribution in [-0.2, 0) is 4.79 Å². The molecule has 1 aromatic heterocycles. The van der Waals surface area contributed by atoms with E-state index in [1.54, 1.807) is 13.0 Å². The minimum Gasteiger partial charge on any atom is -0.481 e. The summed E-state index contributed by atoms with van der Waals surface area (Å²) in [6.45, 7) is 5.65. The van der Waals surface area contributed by atoms with Crippen LogP contribution in [0.15, 0.2) is 42.5 Å². The number of anilines is 1. The van der Waals surface area contributed by atoms with E-state index in [-0.39, 0.29) is 5.91 Å². The van der Waals surface area contributed by atoms with E-state index in [1.165, 1.54) is 0 Å². The van der Waals surface area contributed by atoms with Crippen molar-refractivity contribution >= 4 is 11.6 Å². The monoisotopic (exact) mass is 337 g/mol. The number of hydrogen-bond donors (Lipinski definition) is 2. The zero-order valence-electron chi connectivity index (χ0n) is 14.3. The van der Waals surface area contributed by atoms with Crippen LogP contribution in [0.3, 0.4) is 0 Å². The molecule has 1 heterocycles. The zero-order chi connectivity index (χ0) is 17.8. The van der Waals surface area contributed by atoms with Gasteiger partial charge in [-0.05, 0) is 55.3 Å². The van der Waals surface area contributed by atoms with Crippen LogP contribution in [0.2, 0.25) is 0 Å². The largest absolute Gasteiger partial charge is 0.481 e. The number of nitrogens with one attached hydrogen (secondary N) is 2. The summed E-state index contributed by atoms with van der Waals surface area (Å²) in [7, 11) is 0. The lowest BCUT2D eigenvalue weighted by molar-refractivity contribution is -0.122. The maximum atomic E-state index is 12.5. The molecule has 2 aromatic carbocycles. The number of hydrogen-bond acceptors (Lipinski definition) is 5. The fourth-order valence-electron chi connectivity index (χ4n) is 2.38. The molecule has 0 unspecified atom stereocenters. The molecule has 128 valence electrons. The van der Waals surface area contributed by atoms with Gasteiger partial charge in [0, 0.05) is 5.56 Å². The Morgan fingerprint density at radius 3 is 2.76 bits per heavy atom. The fraction of sp³-hybridized carbons (Fsp3) is 0.222. The molecule has 0 saturated heterocycles. The Morgan fingerprint density at radius 1 is 1.20 bits per heavy atom. The van der Waals surface area contributed by atoms with E-state index in [2.05, 4.69) is 25.9 Å². The van der Waals surface area contributed by atoms with E-state index >= 15 is 0 Å². The first-order chi connectivity index (χ1) is 12.0. The van der Waals surface area contributed by atoms with Crippen molar-refractivity contribution < 1.29 is 9.53 Å². The van der Waals surface area contributed by atoms with Gasteiger partial charge in [0.15, 0.2) is 6.10 Å². The highest BCUT2D eigenvalue weighted by molar-refractivity contribution is 5.97. The van der Waals surface area contributed by atoms with Crippen LogP contribution in [0.25, 0.3) is 11.4 Å². The predicted molar refractivity (Wildman–Crippen MR) is 94.2 cm³/mol. The van der Waals surface area contributed by atoms with Crippen LogP contribution >= 0.6 is 0 Å². The summed E-state index contributed by atoms with van der Waals surface area (Å²) in [5, 5.41) is 16.7. The number of carbonyl (C=O) groups is 1. The van der Waals surface area contributed by atoms with E-state index in [1.807, 2.05) is 50.2 Å². The second kappa shape index (κ2) is 7.12. The highest BCUT2D eigenvalue weighted by atomic mass is 16.5. The summed E-state index contributed by atoms with van der Waals surface area (Å²) in [6.07, 6.45) is -0.654. The molecule has 3 aromatic rings. The van der Waals surface area contributed by atoms with Crippen molar-refractivity contribution in [2.24, 2.45) is 0 Å². The van der Waals surface area contributed by atoms with E-state index in [4.69, 9.17) is 4.74 Å². The predicted octanol–water partition coefficient (Wildman–Crippen LogP) is 2.89. The number of nitrogens with zero attached hydrogens (tertiary/aromatic N) is 3. The van der Waals surface area contributed by atoms with Crippen molar-refractivity contribution in [3.8, 4) is 17.1 Å². The van der Waals surface area contributed by atoms with Gasteiger partial charge in [-0.25, -0.2) is 0 Å². The summed E-state index contributed by atoms with van der Waals surface area (Å²) in [5.74, 6) is 0.866. The number of rotatable bonds is 5. The van der Waals surface area contributed by atoms with Gasteiger partial charge in [0.1, 0.15) is 5.75 Å². The van der Waals surface area contributed by atoms with Crippen LogP contribution in [0.5, 0.6) is 5.75 Å². The van der Waals surface area contributed by atoms with Gasteiger partial charge in [-0.2, -0.15) is 5.21 Å². The van der Waals surface area contributed by atoms with Crippen molar-refractivity contribution in [2.45, 2.75) is 26.9 Å². The molecule has 0 aliphatic heterocycles. The molecule has 1 amide bonds. The second-order valence-electron chi connectivity index (χ2n) is 5.80. The van der Waals surface area contributed by atoms with Gasteiger partial charge in [0.2, 0.25) is 5.82 Å². The molecule has 0 spiro atoms. The van der Waals surface area contributed by atoms with Crippen molar-refractivity contribution in [3.05, 3.63) is 53.6 Å². The quantitative estimate of drug-likeness (QED) is 0.747. The average Bonchev–Trinajstić information content (AvgIpc) is 3.13. The number of H-pyrrole nitrogens is 1. The number of ether oxygens (including phenoxy) is 1. The molecule has 0 bridgehead atoms. The molecule has 0 saturated carbocycles. The standard InChI is InChI=1S/C18H19N5O2/c1-11-8-9-12(2)16(10-11)25-13(3)18(24)19-15-7-5-4-6-14(15)17-20-22-23-21-17/h4-10,13H,1-3H3,(H,19,24)(H,20,21,22,23)/t13-/m1/s1. The lowest BCUT2D eigenvalue weighted by atomic mass is 10.1. The number of benzene rings is 2. The molecule has 2 N–H and O–H groups in total. The minimum atomic E-state index is -0.654. The van der Waals surface area contributed by atoms with Crippen molar-refractivity contribution in [1.82, 2.24) is 20.6 Å². The zero-order valence-corrected chi connectivity index (χ0v) is 14.3. The van der Waals surface area contributed by atoms with Crippen LogP contribution in [0, 0.1) is 13.8 Å². The molecule has 3 rings (SSSR count). The van der Waals surface area contributed by atoms with E-state index in [9.17, 15) is 4.79 Å². The van der Waals surface area contributed by atoms with Crippen molar-refractivity contribution in [3.63, 3.8) is 0 Å². The molecule has 0 radical (unpaired) electrons. The van der Waals surface area contributed by atoms with Crippen LogP contribution in [-0.4, -0.2) is 32.6 Å². The summed E-state index contributed by atoms with van der Waals surface area (Å²) in [4.78, 5) is 12.5. The highest BCUT2D eigenvalue weighted by Gasteiger charge is 2.18. The fourth-order valence-corrected chi connectivity index (χ4v) is 2.38. The molecule has 1 atom stereocenters.